The fourth-order valence-corrected chi connectivity index (χ4v) is 2.94. The number of nitrogens with zero attached hydrogens (tertiary/aromatic N) is 1. The number of β-amino-alcohol motifs (C(OH)–C–C–N with tert-alkyl or cyclic N) is 1. The van der Waals surface area contributed by atoms with Crippen LogP contribution in [0.1, 0.15) is 50.8 Å². The highest BCUT2D eigenvalue weighted by Crippen LogP contribution is 2.24. The third-order valence-electron chi connectivity index (χ3n) is 4.43. The molecule has 1 N–H and O–H groups in total. The van der Waals surface area contributed by atoms with Gasteiger partial charge in [0.2, 0.25) is 0 Å². The summed E-state index contributed by atoms with van der Waals surface area (Å²) in [6, 6.07) is 8.99. The van der Waals surface area contributed by atoms with Crippen molar-refractivity contribution < 1.29 is 5.11 Å². The molecule has 0 radical (unpaired) electrons. The maximum absolute atomic E-state index is 10.4. The molecular weight excluding hydrogens is 234 g/mol. The average molecular weight is 261 g/mol. The van der Waals surface area contributed by atoms with Crippen LogP contribution < -0.4 is 0 Å². The predicted octanol–water partition coefficient (Wildman–Crippen LogP) is 3.40. The molecule has 2 heteroatoms. The van der Waals surface area contributed by atoms with E-state index in [0.717, 1.165) is 31.0 Å². The van der Waals surface area contributed by atoms with Crippen LogP contribution in [0.5, 0.6) is 0 Å². The Labute approximate surface area is 117 Å². The van der Waals surface area contributed by atoms with Crippen molar-refractivity contribution >= 4 is 0 Å². The summed E-state index contributed by atoms with van der Waals surface area (Å²) in [5.74, 6) is 0.755. The third-order valence-corrected chi connectivity index (χ3v) is 4.43. The van der Waals surface area contributed by atoms with E-state index in [1.165, 1.54) is 18.4 Å². The van der Waals surface area contributed by atoms with Gasteiger partial charge in [-0.05, 0) is 43.2 Å². The van der Waals surface area contributed by atoms with Crippen molar-refractivity contribution in [3.8, 4) is 0 Å². The van der Waals surface area contributed by atoms with Crippen LogP contribution >= 0.6 is 0 Å². The summed E-state index contributed by atoms with van der Waals surface area (Å²) < 4.78 is 0. The highest BCUT2D eigenvalue weighted by atomic mass is 16.3. The third kappa shape index (κ3) is 3.80. The van der Waals surface area contributed by atoms with Crippen LogP contribution in [-0.2, 0) is 6.42 Å². The number of piperidine rings is 1. The molecule has 1 heterocycles. The van der Waals surface area contributed by atoms with E-state index in [-0.39, 0.29) is 6.10 Å². The standard InChI is InChI=1S/C17H27NO/c1-4-15-7-9-16(10-8-15)17(19)12-18-11-13(2)5-6-14(18)3/h7-10,13-14,17,19H,4-6,11-12H2,1-3H3. The molecular formula is C17H27NO. The largest absolute Gasteiger partial charge is 0.387 e. The number of aliphatic hydroxyl groups excluding tert-OH is 1. The van der Waals surface area contributed by atoms with Gasteiger partial charge in [0, 0.05) is 19.1 Å². The van der Waals surface area contributed by atoms with Crippen molar-refractivity contribution in [2.75, 3.05) is 13.1 Å². The molecule has 3 atom stereocenters. The van der Waals surface area contributed by atoms with Gasteiger partial charge in [-0.2, -0.15) is 0 Å². The molecule has 0 amide bonds. The molecule has 2 rings (SSSR count). The van der Waals surface area contributed by atoms with E-state index in [1.54, 1.807) is 0 Å². The second-order valence-electron chi connectivity index (χ2n) is 6.10. The molecule has 1 aliphatic rings. The number of likely N-dealkylation sites (tertiary alicyclic amines) is 1. The number of hydrogen-bond donors (Lipinski definition) is 1. The Bertz CT molecular complexity index is 387. The zero-order chi connectivity index (χ0) is 13.8. The molecule has 1 aromatic carbocycles. The van der Waals surface area contributed by atoms with Crippen molar-refractivity contribution in [2.24, 2.45) is 5.92 Å². The van der Waals surface area contributed by atoms with Gasteiger partial charge < -0.3 is 5.11 Å². The second-order valence-corrected chi connectivity index (χ2v) is 6.10. The van der Waals surface area contributed by atoms with E-state index in [9.17, 15) is 5.11 Å². The average Bonchev–Trinajstić information content (AvgIpc) is 2.43. The summed E-state index contributed by atoms with van der Waals surface area (Å²) in [4.78, 5) is 2.44. The summed E-state index contributed by atoms with van der Waals surface area (Å²) in [6.07, 6.45) is 3.26. The molecule has 0 aliphatic carbocycles. The Kier molecular flexibility index (Phi) is 5.00. The minimum absolute atomic E-state index is 0.362. The summed E-state index contributed by atoms with van der Waals surface area (Å²) in [5.41, 5.74) is 2.37. The van der Waals surface area contributed by atoms with Gasteiger partial charge in [0.25, 0.3) is 0 Å². The summed E-state index contributed by atoms with van der Waals surface area (Å²) in [7, 11) is 0. The van der Waals surface area contributed by atoms with Crippen molar-refractivity contribution in [2.45, 2.75) is 52.2 Å². The highest BCUT2D eigenvalue weighted by Gasteiger charge is 2.24. The van der Waals surface area contributed by atoms with Crippen LogP contribution in [0.25, 0.3) is 0 Å². The maximum Gasteiger partial charge on any atom is 0.0917 e. The number of benzene rings is 1. The van der Waals surface area contributed by atoms with Gasteiger partial charge in [0.05, 0.1) is 6.10 Å². The van der Waals surface area contributed by atoms with E-state index in [2.05, 4.69) is 49.9 Å². The SMILES string of the molecule is CCc1ccc(C(O)CN2CC(C)CCC2C)cc1. The molecule has 1 aliphatic heterocycles. The van der Waals surface area contributed by atoms with Crippen LogP contribution in [0.15, 0.2) is 24.3 Å². The monoisotopic (exact) mass is 261 g/mol. The van der Waals surface area contributed by atoms with Gasteiger partial charge in [-0.1, -0.05) is 38.1 Å². The lowest BCUT2D eigenvalue weighted by atomic mass is 9.94. The van der Waals surface area contributed by atoms with E-state index in [4.69, 9.17) is 0 Å². The molecule has 19 heavy (non-hydrogen) atoms. The number of hydrogen-bond acceptors (Lipinski definition) is 2. The molecule has 1 saturated heterocycles. The molecule has 0 saturated carbocycles. The lowest BCUT2D eigenvalue weighted by Gasteiger charge is -2.37. The first-order chi connectivity index (χ1) is 9.10. The van der Waals surface area contributed by atoms with Gasteiger partial charge in [-0.3, -0.25) is 4.90 Å². The molecule has 2 nitrogen and oxygen atoms in total. The first-order valence-electron chi connectivity index (χ1n) is 7.61. The van der Waals surface area contributed by atoms with Crippen LogP contribution in [0.3, 0.4) is 0 Å². The Morgan fingerprint density at radius 1 is 1.21 bits per heavy atom. The van der Waals surface area contributed by atoms with E-state index in [0.29, 0.717) is 6.04 Å². The molecule has 0 bridgehead atoms. The molecule has 106 valence electrons. The first-order valence-corrected chi connectivity index (χ1v) is 7.61. The van der Waals surface area contributed by atoms with E-state index >= 15 is 0 Å². The molecule has 1 aromatic rings. The van der Waals surface area contributed by atoms with Crippen LogP contribution in [0.4, 0.5) is 0 Å². The minimum Gasteiger partial charge on any atom is -0.387 e. The molecule has 1 fully saturated rings. The number of aryl methyl sites for hydroxylation is 1. The van der Waals surface area contributed by atoms with E-state index in [1.807, 2.05) is 0 Å². The zero-order valence-corrected chi connectivity index (χ0v) is 12.5. The number of rotatable bonds is 4. The van der Waals surface area contributed by atoms with Crippen molar-refractivity contribution in [3.63, 3.8) is 0 Å². The summed E-state index contributed by atoms with van der Waals surface area (Å²) >= 11 is 0. The van der Waals surface area contributed by atoms with E-state index < -0.39 is 0 Å². The van der Waals surface area contributed by atoms with Crippen LogP contribution in [-0.4, -0.2) is 29.1 Å². The quantitative estimate of drug-likeness (QED) is 0.898. The van der Waals surface area contributed by atoms with Gasteiger partial charge in [-0.25, -0.2) is 0 Å². The Hall–Kier alpha value is -0.860. The first kappa shape index (κ1) is 14.5. The fourth-order valence-electron chi connectivity index (χ4n) is 2.94. The topological polar surface area (TPSA) is 23.5 Å². The van der Waals surface area contributed by atoms with Crippen molar-refractivity contribution in [1.82, 2.24) is 4.90 Å². The van der Waals surface area contributed by atoms with Crippen LogP contribution in [0.2, 0.25) is 0 Å². The lowest BCUT2D eigenvalue weighted by Crippen LogP contribution is -2.43. The van der Waals surface area contributed by atoms with Crippen molar-refractivity contribution in [3.05, 3.63) is 35.4 Å². The Morgan fingerprint density at radius 2 is 1.89 bits per heavy atom. The zero-order valence-electron chi connectivity index (χ0n) is 12.5. The van der Waals surface area contributed by atoms with Gasteiger partial charge in [0.1, 0.15) is 0 Å². The van der Waals surface area contributed by atoms with Gasteiger partial charge >= 0.3 is 0 Å². The summed E-state index contributed by atoms with van der Waals surface area (Å²) in [5, 5.41) is 10.4. The fraction of sp³-hybridized carbons (Fsp3) is 0.647. The maximum atomic E-state index is 10.4. The second kappa shape index (κ2) is 6.53. The summed E-state index contributed by atoms with van der Waals surface area (Å²) in [6.45, 7) is 8.62. The smallest absolute Gasteiger partial charge is 0.0917 e. The van der Waals surface area contributed by atoms with Crippen molar-refractivity contribution in [1.29, 1.82) is 0 Å². The molecule has 3 unspecified atom stereocenters. The normalized spacial score (nSPS) is 26.3. The lowest BCUT2D eigenvalue weighted by molar-refractivity contribution is 0.0568. The number of aliphatic hydroxyl groups is 1. The Balaban J connectivity index is 1.97. The Morgan fingerprint density at radius 3 is 2.53 bits per heavy atom. The molecule has 0 spiro atoms. The highest BCUT2D eigenvalue weighted by molar-refractivity contribution is 5.24. The van der Waals surface area contributed by atoms with Gasteiger partial charge in [0.15, 0.2) is 0 Å². The van der Waals surface area contributed by atoms with Crippen LogP contribution in [0, 0.1) is 5.92 Å². The predicted molar refractivity (Wildman–Crippen MR) is 80.2 cm³/mol. The van der Waals surface area contributed by atoms with Gasteiger partial charge in [-0.15, -0.1) is 0 Å². The molecule has 0 aromatic heterocycles. The minimum atomic E-state index is -0.362.